The molecule has 6 N–H and O–H groups in total. The topological polar surface area (TPSA) is 127 Å². The van der Waals surface area contributed by atoms with Gasteiger partial charge in [-0.3, -0.25) is 9.59 Å². The average Bonchev–Trinajstić information content (AvgIpc) is 2.11. The van der Waals surface area contributed by atoms with Crippen molar-refractivity contribution in [2.75, 3.05) is 5.75 Å². The molecule has 0 aliphatic heterocycles. The summed E-state index contributed by atoms with van der Waals surface area (Å²) in [5, 5.41) is 16.6. The Morgan fingerprint density at radius 2 is 1.79 bits per heavy atom. The van der Waals surface area contributed by atoms with Gasteiger partial charge in [0.1, 0.15) is 12.1 Å². The molecule has 3 atom stereocenters. The molecular weight excluding hydrogens is 208 g/mol. The quantitative estimate of drug-likeness (QED) is 0.450. The number of hydrogen-bond donors (Lipinski definition) is 4. The zero-order valence-electron chi connectivity index (χ0n) is 7.71. The highest BCUT2D eigenvalue weighted by Gasteiger charge is 2.22. The molecule has 14 heavy (non-hydrogen) atoms. The van der Waals surface area contributed by atoms with Gasteiger partial charge in [-0.25, -0.2) is 0 Å². The first-order valence-corrected chi connectivity index (χ1v) is 4.99. The van der Waals surface area contributed by atoms with E-state index in [9.17, 15) is 9.59 Å². The van der Waals surface area contributed by atoms with Gasteiger partial charge in [0.05, 0.1) is 0 Å². The number of carboxylic acids is 2. The molecular formula is C7H14N2O4S. The van der Waals surface area contributed by atoms with Gasteiger partial charge in [-0.15, -0.1) is 0 Å². The lowest BCUT2D eigenvalue weighted by Gasteiger charge is -2.16. The highest BCUT2D eigenvalue weighted by molar-refractivity contribution is 8.00. The van der Waals surface area contributed by atoms with E-state index in [2.05, 4.69) is 0 Å². The molecule has 0 heterocycles. The van der Waals surface area contributed by atoms with Crippen LogP contribution in [0.1, 0.15) is 6.92 Å². The molecule has 0 aromatic heterocycles. The third kappa shape index (κ3) is 4.45. The summed E-state index contributed by atoms with van der Waals surface area (Å²) in [4.78, 5) is 20.8. The maximum atomic E-state index is 10.4. The Balaban J connectivity index is 3.90. The molecule has 0 aliphatic rings. The first-order chi connectivity index (χ1) is 6.36. The highest BCUT2D eigenvalue weighted by Crippen LogP contribution is 2.14. The van der Waals surface area contributed by atoms with Crippen molar-refractivity contribution in [2.24, 2.45) is 11.5 Å². The second-order valence-electron chi connectivity index (χ2n) is 2.85. The van der Waals surface area contributed by atoms with Crippen LogP contribution < -0.4 is 11.5 Å². The first-order valence-electron chi connectivity index (χ1n) is 3.94. The lowest BCUT2D eigenvalue weighted by molar-refractivity contribution is -0.139. The molecule has 0 aliphatic carbocycles. The first kappa shape index (κ1) is 13.2. The van der Waals surface area contributed by atoms with E-state index in [4.69, 9.17) is 21.7 Å². The zero-order chi connectivity index (χ0) is 11.3. The van der Waals surface area contributed by atoms with Gasteiger partial charge in [0.15, 0.2) is 0 Å². The molecule has 7 heteroatoms. The Bertz CT molecular complexity index is 224. The predicted octanol–water partition coefficient (Wildman–Crippen LogP) is -1.07. The smallest absolute Gasteiger partial charge is 0.321 e. The lowest BCUT2D eigenvalue weighted by Crippen LogP contribution is -2.40. The van der Waals surface area contributed by atoms with E-state index in [1.807, 2.05) is 0 Å². The average molecular weight is 222 g/mol. The normalized spacial score (nSPS) is 17.1. The van der Waals surface area contributed by atoms with Crippen LogP contribution in [-0.4, -0.2) is 45.2 Å². The maximum absolute atomic E-state index is 10.4. The molecule has 0 saturated carbocycles. The molecule has 82 valence electrons. The summed E-state index contributed by atoms with van der Waals surface area (Å²) in [6.45, 7) is 1.62. The van der Waals surface area contributed by atoms with E-state index >= 15 is 0 Å². The van der Waals surface area contributed by atoms with E-state index in [1.165, 1.54) is 0 Å². The van der Waals surface area contributed by atoms with Crippen LogP contribution in [-0.2, 0) is 9.59 Å². The fraction of sp³-hybridized carbons (Fsp3) is 0.714. The van der Waals surface area contributed by atoms with Gasteiger partial charge < -0.3 is 21.7 Å². The van der Waals surface area contributed by atoms with Gasteiger partial charge in [-0.05, 0) is 0 Å². The van der Waals surface area contributed by atoms with Crippen LogP contribution >= 0.6 is 11.8 Å². The summed E-state index contributed by atoms with van der Waals surface area (Å²) in [6, 6.07) is -1.98. The summed E-state index contributed by atoms with van der Waals surface area (Å²) in [6.07, 6.45) is 0. The molecule has 0 amide bonds. The van der Waals surface area contributed by atoms with Crippen molar-refractivity contribution in [1.82, 2.24) is 0 Å². The van der Waals surface area contributed by atoms with Crippen molar-refractivity contribution >= 4 is 23.7 Å². The number of nitrogens with two attached hydrogens (primary N) is 2. The molecule has 0 unspecified atom stereocenters. The Kier molecular flexibility index (Phi) is 5.51. The molecule has 0 bridgehead atoms. The highest BCUT2D eigenvalue weighted by atomic mass is 32.2. The van der Waals surface area contributed by atoms with Crippen molar-refractivity contribution in [2.45, 2.75) is 24.3 Å². The van der Waals surface area contributed by atoms with Gasteiger partial charge in [0.2, 0.25) is 0 Å². The number of carboxylic acid groups (broad SMARTS) is 2. The summed E-state index contributed by atoms with van der Waals surface area (Å²) in [7, 11) is 0. The molecule has 6 nitrogen and oxygen atoms in total. The van der Waals surface area contributed by atoms with Crippen LogP contribution in [0, 0.1) is 0 Å². The summed E-state index contributed by atoms with van der Waals surface area (Å²) in [5.74, 6) is -2.06. The van der Waals surface area contributed by atoms with Crippen LogP contribution in [0.5, 0.6) is 0 Å². The number of carbonyl (C=O) groups is 2. The van der Waals surface area contributed by atoms with E-state index in [0.717, 1.165) is 11.8 Å². The molecule has 0 aromatic rings. The van der Waals surface area contributed by atoms with E-state index in [0.29, 0.717) is 0 Å². The number of rotatable bonds is 6. The fourth-order valence-electron chi connectivity index (χ4n) is 0.631. The van der Waals surface area contributed by atoms with Crippen LogP contribution in [0.4, 0.5) is 0 Å². The Morgan fingerprint density at radius 1 is 1.29 bits per heavy atom. The van der Waals surface area contributed by atoms with Crippen LogP contribution in [0.25, 0.3) is 0 Å². The standard InChI is InChI=1S/C7H14N2O4S/c1-3(5(9)7(12)13)14-2-4(8)6(10)11/h3-5H,2,8-9H2,1H3,(H,10,11)(H,12,13)/t3-,4+,5+/m1/s1. The van der Waals surface area contributed by atoms with Gasteiger partial charge >= 0.3 is 11.9 Å². The van der Waals surface area contributed by atoms with Crippen molar-refractivity contribution in [3.8, 4) is 0 Å². The van der Waals surface area contributed by atoms with Gasteiger partial charge in [-0.2, -0.15) is 11.8 Å². The van der Waals surface area contributed by atoms with Crippen LogP contribution in [0.15, 0.2) is 0 Å². The summed E-state index contributed by atoms with van der Waals surface area (Å²) in [5.41, 5.74) is 10.5. The summed E-state index contributed by atoms with van der Waals surface area (Å²) >= 11 is 1.14. The largest absolute Gasteiger partial charge is 0.480 e. The van der Waals surface area contributed by atoms with Gasteiger partial charge in [0, 0.05) is 11.0 Å². The van der Waals surface area contributed by atoms with Crippen molar-refractivity contribution < 1.29 is 19.8 Å². The SMILES string of the molecule is C[C@@H](SC[C@H](N)C(=O)O)[C@H](N)C(=O)O. The third-order valence-electron chi connectivity index (χ3n) is 1.65. The minimum atomic E-state index is -1.10. The minimum absolute atomic E-state index is 0.150. The van der Waals surface area contributed by atoms with E-state index in [-0.39, 0.29) is 11.0 Å². The lowest BCUT2D eigenvalue weighted by atomic mass is 10.2. The zero-order valence-corrected chi connectivity index (χ0v) is 8.53. The Hall–Kier alpha value is -0.790. The van der Waals surface area contributed by atoms with Crippen molar-refractivity contribution in [3.63, 3.8) is 0 Å². The molecule has 0 aromatic carbocycles. The monoisotopic (exact) mass is 222 g/mol. The second kappa shape index (κ2) is 5.84. The molecule has 0 fully saturated rings. The number of thioether (sulfide) groups is 1. The number of hydrogen-bond acceptors (Lipinski definition) is 5. The van der Waals surface area contributed by atoms with Crippen LogP contribution in [0.2, 0.25) is 0 Å². The summed E-state index contributed by atoms with van der Waals surface area (Å²) < 4.78 is 0. The van der Waals surface area contributed by atoms with E-state index < -0.39 is 24.0 Å². The van der Waals surface area contributed by atoms with Gasteiger partial charge in [0.25, 0.3) is 0 Å². The Labute approximate surface area is 85.6 Å². The third-order valence-corrected chi connectivity index (χ3v) is 3.02. The fourth-order valence-corrected chi connectivity index (χ4v) is 1.61. The van der Waals surface area contributed by atoms with Gasteiger partial charge in [-0.1, -0.05) is 6.92 Å². The maximum Gasteiger partial charge on any atom is 0.321 e. The molecule has 0 radical (unpaired) electrons. The van der Waals surface area contributed by atoms with Crippen molar-refractivity contribution in [3.05, 3.63) is 0 Å². The number of aliphatic carboxylic acids is 2. The predicted molar refractivity (Wildman–Crippen MR) is 53.1 cm³/mol. The van der Waals surface area contributed by atoms with Crippen LogP contribution in [0.3, 0.4) is 0 Å². The minimum Gasteiger partial charge on any atom is -0.480 e. The Morgan fingerprint density at radius 3 is 2.14 bits per heavy atom. The molecule has 0 rings (SSSR count). The molecule has 0 spiro atoms. The van der Waals surface area contributed by atoms with E-state index in [1.54, 1.807) is 6.92 Å². The second-order valence-corrected chi connectivity index (χ2v) is 4.26. The van der Waals surface area contributed by atoms with Crippen molar-refractivity contribution in [1.29, 1.82) is 0 Å². The molecule has 0 saturated heterocycles.